The van der Waals surface area contributed by atoms with E-state index in [-0.39, 0.29) is 17.3 Å². The molecular weight excluding hydrogens is 402 g/mol. The number of halogens is 6. The standard InChI is InChI=1S/C18H12F6N4O/c19-17(20,21)10-3-1-2-4-11(10)26-16(29)13-8-15-25-12(9-5-6-9)7-14(18(22,23)24)28(15)27-13/h1-4,7-9H,5-6H2,(H,26,29). The first-order valence-electron chi connectivity index (χ1n) is 8.49. The van der Waals surface area contributed by atoms with Crippen molar-refractivity contribution >= 4 is 17.2 Å². The molecule has 2 aromatic heterocycles. The quantitative estimate of drug-likeness (QED) is 0.621. The summed E-state index contributed by atoms with van der Waals surface area (Å²) in [6.45, 7) is 0. The van der Waals surface area contributed by atoms with Gasteiger partial charge in [0.15, 0.2) is 11.3 Å². The van der Waals surface area contributed by atoms with Crippen LogP contribution in [0.2, 0.25) is 0 Å². The zero-order valence-electron chi connectivity index (χ0n) is 14.5. The Hall–Kier alpha value is -3.11. The SMILES string of the molecule is O=C(Nc1ccccc1C(F)(F)F)c1cc2nc(C3CC3)cc(C(F)(F)F)n2n1. The van der Waals surface area contributed by atoms with Gasteiger partial charge in [0.25, 0.3) is 5.91 Å². The Kier molecular flexibility index (Phi) is 4.28. The molecule has 0 spiro atoms. The summed E-state index contributed by atoms with van der Waals surface area (Å²) in [5.74, 6) is -1.15. The second-order valence-corrected chi connectivity index (χ2v) is 6.64. The number of carbonyl (C=O) groups excluding carboxylic acids is 1. The number of nitrogens with zero attached hydrogens (tertiary/aromatic N) is 3. The van der Waals surface area contributed by atoms with E-state index < -0.39 is 40.9 Å². The minimum absolute atomic E-state index is 0.0769. The predicted octanol–water partition coefficient (Wildman–Crippen LogP) is 4.90. The number of fused-ring (bicyclic) bond motifs is 1. The van der Waals surface area contributed by atoms with E-state index in [0.29, 0.717) is 4.52 Å². The smallest absolute Gasteiger partial charge is 0.320 e. The third-order valence-corrected chi connectivity index (χ3v) is 4.45. The zero-order valence-corrected chi connectivity index (χ0v) is 14.5. The van der Waals surface area contributed by atoms with E-state index in [1.165, 1.54) is 6.07 Å². The maximum atomic E-state index is 13.4. The number of hydrogen-bond donors (Lipinski definition) is 1. The number of nitrogens with one attached hydrogen (secondary N) is 1. The van der Waals surface area contributed by atoms with Crippen molar-refractivity contribution in [3.8, 4) is 0 Å². The van der Waals surface area contributed by atoms with Crippen molar-refractivity contribution < 1.29 is 31.1 Å². The van der Waals surface area contributed by atoms with Crippen LogP contribution in [0.4, 0.5) is 32.0 Å². The van der Waals surface area contributed by atoms with E-state index in [2.05, 4.69) is 15.4 Å². The normalized spacial score (nSPS) is 15.0. The molecule has 11 heteroatoms. The van der Waals surface area contributed by atoms with Gasteiger partial charge in [-0.2, -0.15) is 31.4 Å². The Bertz CT molecular complexity index is 1100. The Balaban J connectivity index is 1.73. The fourth-order valence-electron chi connectivity index (χ4n) is 2.92. The van der Waals surface area contributed by atoms with Gasteiger partial charge in [0.1, 0.15) is 5.69 Å². The van der Waals surface area contributed by atoms with Gasteiger partial charge in [-0.15, -0.1) is 0 Å². The summed E-state index contributed by atoms with van der Waals surface area (Å²) >= 11 is 0. The van der Waals surface area contributed by atoms with E-state index in [0.717, 1.165) is 43.2 Å². The van der Waals surface area contributed by atoms with Crippen LogP contribution in [0, 0.1) is 0 Å². The van der Waals surface area contributed by atoms with Gasteiger partial charge in [-0.3, -0.25) is 4.79 Å². The molecule has 0 unspecified atom stereocenters. The van der Waals surface area contributed by atoms with Gasteiger partial charge in [0, 0.05) is 17.7 Å². The highest BCUT2D eigenvalue weighted by molar-refractivity contribution is 6.04. The maximum absolute atomic E-state index is 13.4. The molecule has 1 aromatic carbocycles. The Morgan fingerprint density at radius 1 is 1.03 bits per heavy atom. The van der Waals surface area contributed by atoms with Gasteiger partial charge in [0.05, 0.1) is 11.3 Å². The van der Waals surface area contributed by atoms with Crippen LogP contribution in [0.25, 0.3) is 5.65 Å². The molecular formula is C18H12F6N4O. The molecule has 5 nitrogen and oxygen atoms in total. The van der Waals surface area contributed by atoms with Crippen molar-refractivity contribution in [2.45, 2.75) is 31.1 Å². The molecule has 0 aliphatic heterocycles. The van der Waals surface area contributed by atoms with Crippen LogP contribution in [0.3, 0.4) is 0 Å². The van der Waals surface area contributed by atoms with Crippen LogP contribution in [-0.2, 0) is 12.4 Å². The number of rotatable bonds is 3. The van der Waals surface area contributed by atoms with Crippen LogP contribution in [0.1, 0.15) is 46.2 Å². The number of para-hydroxylation sites is 1. The lowest BCUT2D eigenvalue weighted by atomic mass is 10.1. The lowest BCUT2D eigenvalue weighted by Crippen LogP contribution is -2.18. The summed E-state index contributed by atoms with van der Waals surface area (Å²) in [6.07, 6.45) is -8.02. The minimum atomic E-state index is -4.74. The van der Waals surface area contributed by atoms with Crippen LogP contribution in [0.15, 0.2) is 36.4 Å². The lowest BCUT2D eigenvalue weighted by Gasteiger charge is -2.12. The topological polar surface area (TPSA) is 59.3 Å². The van der Waals surface area contributed by atoms with E-state index in [9.17, 15) is 31.1 Å². The monoisotopic (exact) mass is 414 g/mol. The summed E-state index contributed by atoms with van der Waals surface area (Å²) in [6, 6.07) is 6.18. The molecule has 29 heavy (non-hydrogen) atoms. The van der Waals surface area contributed by atoms with Crippen LogP contribution >= 0.6 is 0 Å². The van der Waals surface area contributed by atoms with Gasteiger partial charge in [0.2, 0.25) is 0 Å². The molecule has 1 fully saturated rings. The molecule has 0 saturated heterocycles. The van der Waals surface area contributed by atoms with Crippen molar-refractivity contribution in [3.63, 3.8) is 0 Å². The summed E-state index contributed by atoms with van der Waals surface area (Å²) in [7, 11) is 0. The maximum Gasteiger partial charge on any atom is 0.433 e. The molecule has 1 amide bonds. The van der Waals surface area contributed by atoms with Crippen molar-refractivity contribution in [2.75, 3.05) is 5.32 Å². The number of carbonyl (C=O) groups is 1. The average molecular weight is 414 g/mol. The highest BCUT2D eigenvalue weighted by Gasteiger charge is 2.38. The number of amides is 1. The number of hydrogen-bond acceptors (Lipinski definition) is 3. The summed E-state index contributed by atoms with van der Waals surface area (Å²) in [5.41, 5.74) is -3.13. The van der Waals surface area contributed by atoms with Crippen LogP contribution < -0.4 is 5.32 Å². The molecule has 1 saturated carbocycles. The Labute approximate surface area is 159 Å². The predicted molar refractivity (Wildman–Crippen MR) is 89.4 cm³/mol. The third kappa shape index (κ3) is 3.76. The van der Waals surface area contributed by atoms with Gasteiger partial charge in [-0.1, -0.05) is 12.1 Å². The van der Waals surface area contributed by atoms with Crippen molar-refractivity contribution in [3.05, 3.63) is 59.0 Å². The Morgan fingerprint density at radius 3 is 2.34 bits per heavy atom. The van der Waals surface area contributed by atoms with E-state index >= 15 is 0 Å². The van der Waals surface area contributed by atoms with Crippen LogP contribution in [0.5, 0.6) is 0 Å². The van der Waals surface area contributed by atoms with Gasteiger partial charge in [-0.25, -0.2) is 9.50 Å². The van der Waals surface area contributed by atoms with Crippen molar-refractivity contribution in [2.24, 2.45) is 0 Å². The average Bonchev–Trinajstić information content (AvgIpc) is 3.38. The third-order valence-electron chi connectivity index (χ3n) is 4.45. The largest absolute Gasteiger partial charge is 0.433 e. The first-order chi connectivity index (χ1) is 13.5. The summed E-state index contributed by atoms with van der Waals surface area (Å²) in [5, 5.41) is 5.69. The molecule has 1 N–H and O–H groups in total. The second-order valence-electron chi connectivity index (χ2n) is 6.64. The molecule has 0 bridgehead atoms. The van der Waals surface area contributed by atoms with E-state index in [1.807, 2.05) is 0 Å². The molecule has 2 heterocycles. The van der Waals surface area contributed by atoms with E-state index in [1.54, 1.807) is 0 Å². The molecule has 1 aliphatic carbocycles. The molecule has 152 valence electrons. The zero-order chi connectivity index (χ0) is 21.0. The highest BCUT2D eigenvalue weighted by atomic mass is 19.4. The van der Waals surface area contributed by atoms with Crippen LogP contribution in [-0.4, -0.2) is 20.5 Å². The fraction of sp³-hybridized carbons (Fsp3) is 0.278. The first kappa shape index (κ1) is 19.2. The number of alkyl halides is 6. The minimum Gasteiger partial charge on any atom is -0.320 e. The van der Waals surface area contributed by atoms with Gasteiger partial charge in [-0.05, 0) is 31.0 Å². The van der Waals surface area contributed by atoms with Gasteiger partial charge >= 0.3 is 12.4 Å². The number of benzene rings is 1. The van der Waals surface area contributed by atoms with E-state index in [4.69, 9.17) is 0 Å². The lowest BCUT2D eigenvalue weighted by molar-refractivity contribution is -0.142. The summed E-state index contributed by atoms with van der Waals surface area (Å²) in [4.78, 5) is 16.5. The molecule has 0 radical (unpaired) electrons. The first-order valence-corrected chi connectivity index (χ1v) is 8.49. The highest BCUT2D eigenvalue weighted by Crippen LogP contribution is 2.41. The number of anilines is 1. The fourth-order valence-corrected chi connectivity index (χ4v) is 2.92. The van der Waals surface area contributed by atoms with Crippen molar-refractivity contribution in [1.82, 2.24) is 14.6 Å². The molecule has 4 rings (SSSR count). The van der Waals surface area contributed by atoms with Crippen molar-refractivity contribution in [1.29, 1.82) is 0 Å². The number of aromatic nitrogens is 3. The summed E-state index contributed by atoms with van der Waals surface area (Å²) < 4.78 is 79.9. The molecule has 3 aromatic rings. The second kappa shape index (κ2) is 6.46. The molecule has 0 atom stereocenters. The Morgan fingerprint density at radius 2 is 1.72 bits per heavy atom. The van der Waals surface area contributed by atoms with Gasteiger partial charge < -0.3 is 5.32 Å². The molecule has 1 aliphatic rings.